The Bertz CT molecular complexity index is 1110. The van der Waals surface area contributed by atoms with Crippen LogP contribution in [0.1, 0.15) is 386 Å². The molecule has 2 atom stereocenters. The van der Waals surface area contributed by atoms with Gasteiger partial charge in [0.25, 0.3) is 0 Å². The van der Waals surface area contributed by atoms with Gasteiger partial charge < -0.3 is 20.3 Å². The van der Waals surface area contributed by atoms with E-state index >= 15 is 0 Å². The lowest BCUT2D eigenvalue weighted by atomic mass is 10.0. The predicted molar refractivity (Wildman–Crippen MR) is 324 cm³/mol. The normalized spacial score (nSPS) is 12.5. The molecule has 6 nitrogen and oxygen atoms in total. The minimum absolute atomic E-state index is 0.0181. The van der Waals surface area contributed by atoms with Crippen molar-refractivity contribution in [1.82, 2.24) is 5.32 Å². The zero-order valence-corrected chi connectivity index (χ0v) is 50.4. The van der Waals surface area contributed by atoms with Crippen LogP contribution >= 0.6 is 0 Å². The maximum Gasteiger partial charge on any atom is 0.305 e. The van der Waals surface area contributed by atoms with E-state index in [-0.39, 0.29) is 18.5 Å². The second kappa shape index (κ2) is 64.1. The first-order valence-corrected chi connectivity index (χ1v) is 33.9. The highest BCUT2D eigenvalue weighted by Crippen LogP contribution is 2.19. The molecule has 0 spiro atoms. The Labute approximate surface area is 463 Å². The first-order valence-electron chi connectivity index (χ1n) is 33.9. The number of hydrogen-bond acceptors (Lipinski definition) is 5. The van der Waals surface area contributed by atoms with Gasteiger partial charge in [-0.25, -0.2) is 0 Å². The number of aliphatic hydroxyl groups excluding tert-OH is 2. The molecule has 0 aromatic rings. The summed E-state index contributed by atoms with van der Waals surface area (Å²) in [6.45, 7) is 4.98. The van der Waals surface area contributed by atoms with Gasteiger partial charge in [-0.3, -0.25) is 9.59 Å². The van der Waals surface area contributed by atoms with Crippen LogP contribution in [0.2, 0.25) is 0 Å². The molecule has 0 bridgehead atoms. The molecule has 0 saturated heterocycles. The summed E-state index contributed by atoms with van der Waals surface area (Å²) in [5.74, 6) is -0.0117. The molecule has 0 rings (SSSR count). The minimum Gasteiger partial charge on any atom is -0.466 e. The molecule has 0 saturated carbocycles. The summed E-state index contributed by atoms with van der Waals surface area (Å²) in [5, 5.41) is 23.3. The summed E-state index contributed by atoms with van der Waals surface area (Å²) in [7, 11) is 0. The molecular formula is C68H133NO5. The van der Waals surface area contributed by atoms with Crippen LogP contribution in [0, 0.1) is 0 Å². The molecule has 0 fully saturated rings. The maximum absolute atomic E-state index is 12.5. The zero-order chi connectivity index (χ0) is 53.6. The van der Waals surface area contributed by atoms with Crippen LogP contribution in [0.5, 0.6) is 0 Å². The summed E-state index contributed by atoms with van der Waals surface area (Å²) in [6, 6.07) is -0.539. The van der Waals surface area contributed by atoms with E-state index in [0.29, 0.717) is 25.9 Å². The minimum atomic E-state index is -0.662. The Morgan fingerprint density at radius 1 is 0.365 bits per heavy atom. The first-order chi connectivity index (χ1) is 36.5. The number of nitrogens with one attached hydrogen (secondary N) is 1. The maximum atomic E-state index is 12.5. The number of carbonyl (C=O) groups is 2. The standard InChI is InChI=1S/C68H133NO5/c1-3-5-7-9-11-13-15-16-34-37-41-44-48-52-56-60-66(71)65(64-70)69-67(72)61-57-53-49-45-42-38-35-32-30-28-26-24-22-20-18-17-19-21-23-25-27-29-31-33-36-39-43-47-51-55-59-63-74-68(73)62-58-54-50-46-40-14-12-10-8-6-4-2/h19,21,65-66,70-71H,3-18,20,22-64H2,1-2H3,(H,69,72)/b21-19-. The summed E-state index contributed by atoms with van der Waals surface area (Å²) in [6.07, 6.45) is 78.3. The third kappa shape index (κ3) is 59.8. The number of hydrogen-bond donors (Lipinski definition) is 3. The lowest BCUT2D eigenvalue weighted by Crippen LogP contribution is -2.45. The fraction of sp³-hybridized carbons (Fsp3) is 0.941. The first kappa shape index (κ1) is 72.6. The van der Waals surface area contributed by atoms with E-state index in [1.807, 2.05) is 0 Å². The topological polar surface area (TPSA) is 95.9 Å². The molecule has 0 radical (unpaired) electrons. The van der Waals surface area contributed by atoms with Gasteiger partial charge in [0.05, 0.1) is 25.4 Å². The van der Waals surface area contributed by atoms with Crippen molar-refractivity contribution in [3.05, 3.63) is 12.2 Å². The van der Waals surface area contributed by atoms with Crippen molar-refractivity contribution in [3.63, 3.8) is 0 Å². The molecular weight excluding hydrogens is 911 g/mol. The lowest BCUT2D eigenvalue weighted by Gasteiger charge is -2.22. The van der Waals surface area contributed by atoms with Gasteiger partial charge >= 0.3 is 5.97 Å². The van der Waals surface area contributed by atoms with Crippen molar-refractivity contribution >= 4 is 11.9 Å². The van der Waals surface area contributed by atoms with E-state index in [0.717, 1.165) is 38.5 Å². The quantitative estimate of drug-likeness (QED) is 0.0320. The zero-order valence-electron chi connectivity index (χ0n) is 50.4. The van der Waals surface area contributed by atoms with Gasteiger partial charge in [-0.05, 0) is 51.4 Å². The molecule has 0 heterocycles. The van der Waals surface area contributed by atoms with E-state index in [9.17, 15) is 19.8 Å². The average Bonchev–Trinajstić information content (AvgIpc) is 3.40. The van der Waals surface area contributed by atoms with Crippen LogP contribution in [0.3, 0.4) is 0 Å². The van der Waals surface area contributed by atoms with Crippen molar-refractivity contribution in [3.8, 4) is 0 Å². The molecule has 0 aliphatic rings. The van der Waals surface area contributed by atoms with Gasteiger partial charge in [0.2, 0.25) is 5.91 Å². The average molecular weight is 1040 g/mol. The molecule has 0 aliphatic heterocycles. The largest absolute Gasteiger partial charge is 0.466 e. The SMILES string of the molecule is CCCCCCCCCCCCCCCCCC(O)C(CO)NC(=O)CCCCCCCCCCCCCCCCC/C=C\CCCCCCCCCCCCCCOC(=O)CCCCCCCCCCCCC. The Kier molecular flexibility index (Phi) is 62.9. The van der Waals surface area contributed by atoms with Crippen LogP contribution in [0.4, 0.5) is 0 Å². The monoisotopic (exact) mass is 1040 g/mol. The van der Waals surface area contributed by atoms with Gasteiger partial charge in [-0.2, -0.15) is 0 Å². The number of rotatable bonds is 64. The van der Waals surface area contributed by atoms with Gasteiger partial charge in [0.1, 0.15) is 0 Å². The molecule has 74 heavy (non-hydrogen) atoms. The van der Waals surface area contributed by atoms with Crippen LogP contribution in [0.15, 0.2) is 12.2 Å². The fourth-order valence-corrected chi connectivity index (χ4v) is 10.9. The number of allylic oxidation sites excluding steroid dienone is 2. The summed E-state index contributed by atoms with van der Waals surface area (Å²) < 4.78 is 5.47. The predicted octanol–water partition coefficient (Wildman–Crippen LogP) is 21.6. The molecule has 6 heteroatoms. The molecule has 440 valence electrons. The molecule has 0 aromatic heterocycles. The number of amides is 1. The summed E-state index contributed by atoms with van der Waals surface area (Å²) >= 11 is 0. The second-order valence-electron chi connectivity index (χ2n) is 23.5. The third-order valence-corrected chi connectivity index (χ3v) is 16.1. The summed E-state index contributed by atoms with van der Waals surface area (Å²) in [5.41, 5.74) is 0. The van der Waals surface area contributed by atoms with Gasteiger partial charge in [-0.15, -0.1) is 0 Å². The van der Waals surface area contributed by atoms with Crippen LogP contribution in [-0.2, 0) is 14.3 Å². The van der Waals surface area contributed by atoms with Crippen LogP contribution in [0.25, 0.3) is 0 Å². The Morgan fingerprint density at radius 3 is 0.959 bits per heavy atom. The van der Waals surface area contributed by atoms with Crippen molar-refractivity contribution in [2.75, 3.05) is 13.2 Å². The van der Waals surface area contributed by atoms with E-state index < -0.39 is 12.1 Å². The van der Waals surface area contributed by atoms with Crippen molar-refractivity contribution in [2.45, 2.75) is 398 Å². The number of unbranched alkanes of at least 4 members (excludes halogenated alkanes) is 51. The molecule has 0 aromatic carbocycles. The highest BCUT2D eigenvalue weighted by Gasteiger charge is 2.20. The number of ether oxygens (including phenoxy) is 1. The molecule has 3 N–H and O–H groups in total. The van der Waals surface area contributed by atoms with E-state index in [1.54, 1.807) is 0 Å². The molecule has 0 aliphatic carbocycles. The smallest absolute Gasteiger partial charge is 0.305 e. The summed E-state index contributed by atoms with van der Waals surface area (Å²) in [4.78, 5) is 24.5. The van der Waals surface area contributed by atoms with Crippen molar-refractivity contribution in [2.24, 2.45) is 0 Å². The van der Waals surface area contributed by atoms with E-state index in [4.69, 9.17) is 4.74 Å². The van der Waals surface area contributed by atoms with Gasteiger partial charge in [0, 0.05) is 12.8 Å². The number of carbonyl (C=O) groups excluding carboxylic acids is 2. The van der Waals surface area contributed by atoms with Crippen LogP contribution < -0.4 is 5.32 Å². The highest BCUT2D eigenvalue weighted by molar-refractivity contribution is 5.76. The van der Waals surface area contributed by atoms with Gasteiger partial charge in [0.15, 0.2) is 0 Å². The van der Waals surface area contributed by atoms with E-state index in [1.165, 1.54) is 315 Å². The Hall–Kier alpha value is -1.40. The highest BCUT2D eigenvalue weighted by atomic mass is 16.5. The number of esters is 1. The van der Waals surface area contributed by atoms with Gasteiger partial charge in [-0.1, -0.05) is 334 Å². The van der Waals surface area contributed by atoms with Crippen LogP contribution in [-0.4, -0.2) is 47.4 Å². The number of aliphatic hydroxyl groups is 2. The third-order valence-electron chi connectivity index (χ3n) is 16.1. The Balaban J connectivity index is 3.35. The van der Waals surface area contributed by atoms with Crippen molar-refractivity contribution in [1.29, 1.82) is 0 Å². The lowest BCUT2D eigenvalue weighted by molar-refractivity contribution is -0.143. The molecule has 1 amide bonds. The van der Waals surface area contributed by atoms with E-state index in [2.05, 4.69) is 31.3 Å². The second-order valence-corrected chi connectivity index (χ2v) is 23.5. The molecule has 2 unspecified atom stereocenters. The Morgan fingerprint density at radius 2 is 0.635 bits per heavy atom. The fourth-order valence-electron chi connectivity index (χ4n) is 10.9. The van der Waals surface area contributed by atoms with Crippen molar-refractivity contribution < 1.29 is 24.5 Å².